The fourth-order valence-electron chi connectivity index (χ4n) is 2.95. The lowest BCUT2D eigenvalue weighted by molar-refractivity contribution is -0.144. The molecule has 24 heavy (non-hydrogen) atoms. The third kappa shape index (κ3) is 3.53. The van der Waals surface area contributed by atoms with Crippen LogP contribution in [0, 0.1) is 0 Å². The number of carbonyl (C=O) groups excluding carboxylic acids is 1. The second-order valence-corrected chi connectivity index (χ2v) is 7.15. The molecule has 0 aromatic heterocycles. The first kappa shape index (κ1) is 17.1. The SMILES string of the molecule is CC(N)(C(=O)N1CCOC(c2ccccc2)C1)c1ccc(Br)cc1. The van der Waals surface area contributed by atoms with Gasteiger partial charge in [0.1, 0.15) is 11.6 Å². The first-order valence-electron chi connectivity index (χ1n) is 7.99. The summed E-state index contributed by atoms with van der Waals surface area (Å²) in [5.74, 6) is -0.0750. The maximum atomic E-state index is 13.0. The van der Waals surface area contributed by atoms with Gasteiger partial charge in [0.2, 0.25) is 5.91 Å². The van der Waals surface area contributed by atoms with Crippen molar-refractivity contribution in [3.63, 3.8) is 0 Å². The first-order chi connectivity index (χ1) is 11.5. The summed E-state index contributed by atoms with van der Waals surface area (Å²) in [5, 5.41) is 0. The number of nitrogens with two attached hydrogens (primary N) is 1. The molecule has 1 saturated heterocycles. The van der Waals surface area contributed by atoms with E-state index >= 15 is 0 Å². The molecule has 2 unspecified atom stereocenters. The maximum Gasteiger partial charge on any atom is 0.247 e. The molecule has 2 N–H and O–H groups in total. The Morgan fingerprint density at radius 3 is 2.54 bits per heavy atom. The Morgan fingerprint density at radius 1 is 1.21 bits per heavy atom. The molecule has 1 heterocycles. The lowest BCUT2D eigenvalue weighted by Gasteiger charge is -2.37. The van der Waals surface area contributed by atoms with Crippen LogP contribution in [0.25, 0.3) is 0 Å². The number of halogens is 1. The molecule has 0 spiro atoms. The van der Waals surface area contributed by atoms with Gasteiger partial charge in [-0.25, -0.2) is 0 Å². The predicted molar refractivity (Wildman–Crippen MR) is 97.4 cm³/mol. The summed E-state index contributed by atoms with van der Waals surface area (Å²) in [6, 6.07) is 17.6. The Balaban J connectivity index is 1.77. The minimum Gasteiger partial charge on any atom is -0.370 e. The molecular weight excluding hydrogens is 368 g/mol. The number of hydrogen-bond acceptors (Lipinski definition) is 3. The van der Waals surface area contributed by atoms with E-state index in [1.807, 2.05) is 59.5 Å². The highest BCUT2D eigenvalue weighted by Gasteiger charge is 2.37. The van der Waals surface area contributed by atoms with Crippen molar-refractivity contribution in [3.05, 3.63) is 70.2 Å². The quantitative estimate of drug-likeness (QED) is 0.877. The van der Waals surface area contributed by atoms with E-state index in [-0.39, 0.29) is 12.0 Å². The average Bonchev–Trinajstić information content (AvgIpc) is 2.62. The standard InChI is InChI=1S/C19H21BrN2O2/c1-19(21,15-7-9-16(20)10-8-15)18(23)22-11-12-24-17(13-22)14-5-3-2-4-6-14/h2-10,17H,11-13,21H2,1H3. The van der Waals surface area contributed by atoms with E-state index in [2.05, 4.69) is 15.9 Å². The van der Waals surface area contributed by atoms with Gasteiger partial charge >= 0.3 is 0 Å². The van der Waals surface area contributed by atoms with Crippen molar-refractivity contribution in [2.45, 2.75) is 18.6 Å². The van der Waals surface area contributed by atoms with Crippen LogP contribution in [0.1, 0.15) is 24.2 Å². The molecule has 2 aromatic carbocycles. The molecular formula is C19H21BrN2O2. The average molecular weight is 389 g/mol. The van der Waals surface area contributed by atoms with Crippen molar-refractivity contribution < 1.29 is 9.53 Å². The molecule has 3 rings (SSSR count). The fourth-order valence-corrected chi connectivity index (χ4v) is 3.22. The van der Waals surface area contributed by atoms with E-state index in [0.717, 1.165) is 15.6 Å². The molecule has 126 valence electrons. The Morgan fingerprint density at radius 2 is 1.88 bits per heavy atom. The third-order valence-electron chi connectivity index (χ3n) is 4.41. The summed E-state index contributed by atoms with van der Waals surface area (Å²) in [6.07, 6.45) is -0.107. The zero-order valence-corrected chi connectivity index (χ0v) is 15.2. The van der Waals surface area contributed by atoms with Crippen LogP contribution < -0.4 is 5.73 Å². The van der Waals surface area contributed by atoms with E-state index in [1.165, 1.54) is 0 Å². The number of morpholine rings is 1. The molecule has 4 nitrogen and oxygen atoms in total. The highest BCUT2D eigenvalue weighted by Crippen LogP contribution is 2.27. The normalized spacial score (nSPS) is 20.5. The summed E-state index contributed by atoms with van der Waals surface area (Å²) in [5.41, 5.74) is 7.23. The van der Waals surface area contributed by atoms with Crippen LogP contribution in [0.5, 0.6) is 0 Å². The van der Waals surface area contributed by atoms with Gasteiger partial charge in [-0.05, 0) is 30.2 Å². The Bertz CT molecular complexity index is 701. The number of carbonyl (C=O) groups is 1. The second kappa shape index (κ2) is 7.05. The summed E-state index contributed by atoms with van der Waals surface area (Å²) in [7, 11) is 0. The zero-order chi connectivity index (χ0) is 17.2. The molecule has 0 bridgehead atoms. The van der Waals surface area contributed by atoms with Crippen LogP contribution in [-0.4, -0.2) is 30.5 Å². The zero-order valence-electron chi connectivity index (χ0n) is 13.6. The van der Waals surface area contributed by atoms with E-state index in [4.69, 9.17) is 10.5 Å². The fraction of sp³-hybridized carbons (Fsp3) is 0.316. The van der Waals surface area contributed by atoms with Gasteiger partial charge in [0.25, 0.3) is 0 Å². The molecule has 2 atom stereocenters. The van der Waals surface area contributed by atoms with E-state index < -0.39 is 5.54 Å². The Hall–Kier alpha value is -1.69. The first-order valence-corrected chi connectivity index (χ1v) is 8.78. The van der Waals surface area contributed by atoms with Gasteiger partial charge in [-0.2, -0.15) is 0 Å². The summed E-state index contributed by atoms with van der Waals surface area (Å²) < 4.78 is 6.80. The smallest absolute Gasteiger partial charge is 0.247 e. The van der Waals surface area contributed by atoms with Gasteiger partial charge in [0, 0.05) is 11.0 Å². The number of amides is 1. The Kier molecular flexibility index (Phi) is 5.04. The van der Waals surface area contributed by atoms with Crippen LogP contribution in [0.3, 0.4) is 0 Å². The van der Waals surface area contributed by atoms with Gasteiger partial charge in [0.15, 0.2) is 0 Å². The number of rotatable bonds is 3. The van der Waals surface area contributed by atoms with Gasteiger partial charge in [-0.3, -0.25) is 4.79 Å². The predicted octanol–water partition coefficient (Wildman–Crippen LogP) is 3.22. The van der Waals surface area contributed by atoms with Crippen molar-refractivity contribution >= 4 is 21.8 Å². The van der Waals surface area contributed by atoms with Crippen molar-refractivity contribution in [1.82, 2.24) is 4.90 Å². The highest BCUT2D eigenvalue weighted by molar-refractivity contribution is 9.10. The van der Waals surface area contributed by atoms with E-state index in [0.29, 0.717) is 19.7 Å². The van der Waals surface area contributed by atoms with Crippen LogP contribution in [0.4, 0.5) is 0 Å². The molecule has 0 radical (unpaired) electrons. The Labute approximate surface area is 150 Å². The van der Waals surface area contributed by atoms with Crippen LogP contribution in [-0.2, 0) is 15.1 Å². The van der Waals surface area contributed by atoms with E-state index in [1.54, 1.807) is 6.92 Å². The number of hydrogen-bond donors (Lipinski definition) is 1. The molecule has 5 heteroatoms. The number of ether oxygens (including phenoxy) is 1. The summed E-state index contributed by atoms with van der Waals surface area (Å²) in [4.78, 5) is 14.8. The third-order valence-corrected chi connectivity index (χ3v) is 4.94. The number of nitrogens with zero attached hydrogens (tertiary/aromatic N) is 1. The van der Waals surface area contributed by atoms with Gasteiger partial charge in [0.05, 0.1) is 13.2 Å². The highest BCUT2D eigenvalue weighted by atomic mass is 79.9. The maximum absolute atomic E-state index is 13.0. The molecule has 1 fully saturated rings. The molecule has 0 saturated carbocycles. The van der Waals surface area contributed by atoms with Gasteiger partial charge in [-0.15, -0.1) is 0 Å². The summed E-state index contributed by atoms with van der Waals surface area (Å²) in [6.45, 7) is 3.37. The van der Waals surface area contributed by atoms with Crippen molar-refractivity contribution in [3.8, 4) is 0 Å². The summed E-state index contributed by atoms with van der Waals surface area (Å²) >= 11 is 3.41. The second-order valence-electron chi connectivity index (χ2n) is 6.23. The van der Waals surface area contributed by atoms with Gasteiger partial charge < -0.3 is 15.4 Å². The molecule has 1 aliphatic heterocycles. The number of benzene rings is 2. The topological polar surface area (TPSA) is 55.6 Å². The molecule has 1 aliphatic rings. The minimum atomic E-state index is -1.06. The van der Waals surface area contributed by atoms with Crippen LogP contribution >= 0.6 is 15.9 Å². The van der Waals surface area contributed by atoms with Gasteiger partial charge in [-0.1, -0.05) is 58.4 Å². The van der Waals surface area contributed by atoms with Crippen molar-refractivity contribution in [2.75, 3.05) is 19.7 Å². The monoisotopic (exact) mass is 388 g/mol. The molecule has 2 aromatic rings. The van der Waals surface area contributed by atoms with E-state index in [9.17, 15) is 4.79 Å². The van der Waals surface area contributed by atoms with Crippen LogP contribution in [0.2, 0.25) is 0 Å². The molecule has 1 amide bonds. The van der Waals surface area contributed by atoms with Crippen molar-refractivity contribution in [2.24, 2.45) is 5.73 Å². The lowest BCUT2D eigenvalue weighted by Crippen LogP contribution is -2.54. The minimum absolute atomic E-state index is 0.0750. The molecule has 0 aliphatic carbocycles. The largest absolute Gasteiger partial charge is 0.370 e. The van der Waals surface area contributed by atoms with Crippen LogP contribution in [0.15, 0.2) is 59.1 Å². The lowest BCUT2D eigenvalue weighted by atomic mass is 9.91. The van der Waals surface area contributed by atoms with Crippen molar-refractivity contribution in [1.29, 1.82) is 0 Å².